The molecule has 1 amide bonds. The molecule has 3 rings (SSSR count). The van der Waals surface area contributed by atoms with E-state index in [0.717, 1.165) is 34.2 Å². The van der Waals surface area contributed by atoms with Crippen LogP contribution in [0.3, 0.4) is 0 Å². The van der Waals surface area contributed by atoms with Gasteiger partial charge in [-0.2, -0.15) is 0 Å². The van der Waals surface area contributed by atoms with Crippen LogP contribution in [0.4, 0.5) is 0 Å². The van der Waals surface area contributed by atoms with Crippen LogP contribution < -0.4 is 14.8 Å². The Balaban J connectivity index is 1.46. The molecule has 1 unspecified atom stereocenters. The van der Waals surface area contributed by atoms with Gasteiger partial charge in [0.1, 0.15) is 23.1 Å². The number of carbonyl (C=O) groups is 1. The van der Waals surface area contributed by atoms with Crippen LogP contribution in [0, 0.1) is 0 Å². The van der Waals surface area contributed by atoms with Gasteiger partial charge in [0, 0.05) is 16.4 Å². The van der Waals surface area contributed by atoms with Gasteiger partial charge in [-0.25, -0.2) is 4.98 Å². The Kier molecular flexibility index (Phi) is 7.49. The standard InChI is InChI=1S/C22H23ClN2O3S/c1-15(10-16-4-3-5-20(11-16)27-2)24-21(26)12-18-14-29-22(25-18)13-28-19-8-6-17(23)7-9-19/h3-9,11,14-15H,10,12-13H2,1-2H3,(H,24,26). The van der Waals surface area contributed by atoms with Gasteiger partial charge in [-0.05, 0) is 55.3 Å². The van der Waals surface area contributed by atoms with Crippen LogP contribution in [0.2, 0.25) is 5.02 Å². The van der Waals surface area contributed by atoms with E-state index in [4.69, 9.17) is 21.1 Å². The van der Waals surface area contributed by atoms with Gasteiger partial charge in [0.05, 0.1) is 19.2 Å². The minimum Gasteiger partial charge on any atom is -0.497 e. The normalized spacial score (nSPS) is 11.7. The van der Waals surface area contributed by atoms with Crippen molar-refractivity contribution in [2.75, 3.05) is 7.11 Å². The minimum absolute atomic E-state index is 0.0148. The lowest BCUT2D eigenvalue weighted by Gasteiger charge is -2.14. The fourth-order valence-corrected chi connectivity index (χ4v) is 3.70. The number of nitrogens with one attached hydrogen (secondary N) is 1. The van der Waals surface area contributed by atoms with E-state index in [9.17, 15) is 4.79 Å². The lowest BCUT2D eigenvalue weighted by atomic mass is 10.1. The first-order valence-electron chi connectivity index (χ1n) is 9.26. The molecule has 0 aliphatic rings. The number of rotatable bonds is 9. The fraction of sp³-hybridized carbons (Fsp3) is 0.273. The molecule has 0 saturated carbocycles. The summed E-state index contributed by atoms with van der Waals surface area (Å²) in [5.41, 5.74) is 1.86. The van der Waals surface area contributed by atoms with Crippen LogP contribution in [0.1, 0.15) is 23.2 Å². The third-order valence-electron chi connectivity index (χ3n) is 4.20. The van der Waals surface area contributed by atoms with E-state index in [0.29, 0.717) is 11.6 Å². The maximum Gasteiger partial charge on any atom is 0.226 e. The number of hydrogen-bond acceptors (Lipinski definition) is 5. The van der Waals surface area contributed by atoms with Gasteiger partial charge < -0.3 is 14.8 Å². The first-order valence-corrected chi connectivity index (χ1v) is 10.5. The second kappa shape index (κ2) is 10.3. The molecule has 0 aliphatic heterocycles. The molecule has 1 aromatic heterocycles. The number of benzene rings is 2. The van der Waals surface area contributed by atoms with E-state index in [1.165, 1.54) is 11.3 Å². The first-order chi connectivity index (χ1) is 14.0. The number of carbonyl (C=O) groups excluding carboxylic acids is 1. The van der Waals surface area contributed by atoms with Crippen LogP contribution in [-0.4, -0.2) is 24.0 Å². The molecule has 2 aromatic carbocycles. The van der Waals surface area contributed by atoms with Gasteiger partial charge in [0.15, 0.2) is 0 Å². The highest BCUT2D eigenvalue weighted by atomic mass is 35.5. The van der Waals surface area contributed by atoms with Crippen molar-refractivity contribution >= 4 is 28.8 Å². The highest BCUT2D eigenvalue weighted by molar-refractivity contribution is 7.09. The third kappa shape index (κ3) is 6.76. The molecule has 0 fully saturated rings. The third-order valence-corrected chi connectivity index (χ3v) is 5.32. The second-order valence-electron chi connectivity index (χ2n) is 6.68. The molecule has 152 valence electrons. The topological polar surface area (TPSA) is 60.5 Å². The highest BCUT2D eigenvalue weighted by Gasteiger charge is 2.12. The van der Waals surface area contributed by atoms with Crippen molar-refractivity contribution in [3.63, 3.8) is 0 Å². The minimum atomic E-state index is -0.0455. The van der Waals surface area contributed by atoms with E-state index in [-0.39, 0.29) is 18.4 Å². The Bertz CT molecular complexity index is 943. The van der Waals surface area contributed by atoms with Crippen molar-refractivity contribution in [2.24, 2.45) is 0 Å². The van der Waals surface area contributed by atoms with Crippen molar-refractivity contribution in [1.82, 2.24) is 10.3 Å². The molecule has 29 heavy (non-hydrogen) atoms. The van der Waals surface area contributed by atoms with Crippen LogP contribution in [0.5, 0.6) is 11.5 Å². The average Bonchev–Trinajstić information content (AvgIpc) is 3.14. The molecule has 3 aromatic rings. The molecule has 0 spiro atoms. The lowest BCUT2D eigenvalue weighted by Crippen LogP contribution is -2.35. The number of hydrogen-bond donors (Lipinski definition) is 1. The number of nitrogens with zero attached hydrogens (tertiary/aromatic N) is 1. The lowest BCUT2D eigenvalue weighted by molar-refractivity contribution is -0.121. The fourth-order valence-electron chi connectivity index (χ4n) is 2.87. The van der Waals surface area contributed by atoms with Crippen molar-refractivity contribution in [1.29, 1.82) is 0 Å². The summed E-state index contributed by atoms with van der Waals surface area (Å²) in [6.45, 7) is 2.35. The Labute approximate surface area is 179 Å². The van der Waals surface area contributed by atoms with Crippen LogP contribution >= 0.6 is 22.9 Å². The summed E-state index contributed by atoms with van der Waals surface area (Å²) in [5.74, 6) is 1.50. The van der Waals surface area contributed by atoms with Crippen LogP contribution in [0.15, 0.2) is 53.9 Å². The number of amides is 1. The summed E-state index contributed by atoms with van der Waals surface area (Å²) in [5, 5.41) is 6.42. The van der Waals surface area contributed by atoms with Crippen molar-refractivity contribution < 1.29 is 14.3 Å². The number of halogens is 1. The molecule has 0 saturated heterocycles. The monoisotopic (exact) mass is 430 g/mol. The largest absolute Gasteiger partial charge is 0.497 e. The SMILES string of the molecule is COc1cccc(CC(C)NC(=O)Cc2csc(COc3ccc(Cl)cc3)n2)c1. The summed E-state index contributed by atoms with van der Waals surface area (Å²) in [6, 6.07) is 15.1. The number of thiazole rings is 1. The molecule has 7 heteroatoms. The number of ether oxygens (including phenoxy) is 2. The van der Waals surface area contributed by atoms with Gasteiger partial charge in [-0.1, -0.05) is 23.7 Å². The molecule has 0 aliphatic carbocycles. The van der Waals surface area contributed by atoms with Crippen LogP contribution in [0.25, 0.3) is 0 Å². The number of aromatic nitrogens is 1. The predicted octanol–water partition coefficient (Wildman–Crippen LogP) is 4.67. The molecular formula is C22H23ClN2O3S. The summed E-state index contributed by atoms with van der Waals surface area (Å²) in [4.78, 5) is 16.8. The van der Waals surface area contributed by atoms with E-state index in [2.05, 4.69) is 10.3 Å². The van der Waals surface area contributed by atoms with Gasteiger partial charge in [-0.3, -0.25) is 4.79 Å². The van der Waals surface area contributed by atoms with Gasteiger partial charge in [0.2, 0.25) is 5.91 Å². The zero-order valence-electron chi connectivity index (χ0n) is 16.4. The van der Waals surface area contributed by atoms with Gasteiger partial charge in [-0.15, -0.1) is 11.3 Å². The zero-order chi connectivity index (χ0) is 20.6. The molecule has 0 bridgehead atoms. The zero-order valence-corrected chi connectivity index (χ0v) is 17.9. The maximum atomic E-state index is 12.3. The molecule has 1 heterocycles. The predicted molar refractivity (Wildman–Crippen MR) is 116 cm³/mol. The molecule has 0 radical (unpaired) electrons. The smallest absolute Gasteiger partial charge is 0.226 e. The second-order valence-corrected chi connectivity index (χ2v) is 8.06. The Morgan fingerprint density at radius 2 is 2.00 bits per heavy atom. The van der Waals surface area contributed by atoms with E-state index >= 15 is 0 Å². The summed E-state index contributed by atoms with van der Waals surface area (Å²) >= 11 is 7.35. The average molecular weight is 431 g/mol. The first kappa shape index (κ1) is 21.1. The van der Waals surface area contributed by atoms with Crippen molar-refractivity contribution in [2.45, 2.75) is 32.4 Å². The summed E-state index contributed by atoms with van der Waals surface area (Å²) in [6.07, 6.45) is 0.986. The number of methoxy groups -OCH3 is 1. The highest BCUT2D eigenvalue weighted by Crippen LogP contribution is 2.18. The Morgan fingerprint density at radius 3 is 2.76 bits per heavy atom. The summed E-state index contributed by atoms with van der Waals surface area (Å²) in [7, 11) is 1.65. The molecule has 1 N–H and O–H groups in total. The van der Waals surface area contributed by atoms with Gasteiger partial charge >= 0.3 is 0 Å². The van der Waals surface area contributed by atoms with Gasteiger partial charge in [0.25, 0.3) is 0 Å². The van der Waals surface area contributed by atoms with E-state index in [1.807, 2.05) is 48.7 Å². The maximum absolute atomic E-state index is 12.3. The van der Waals surface area contributed by atoms with Crippen LogP contribution in [-0.2, 0) is 24.2 Å². The quantitative estimate of drug-likeness (QED) is 0.535. The molecule has 5 nitrogen and oxygen atoms in total. The Morgan fingerprint density at radius 1 is 1.21 bits per heavy atom. The van der Waals surface area contributed by atoms with Crippen molar-refractivity contribution in [3.8, 4) is 11.5 Å². The molecular weight excluding hydrogens is 408 g/mol. The van der Waals surface area contributed by atoms with Crippen molar-refractivity contribution in [3.05, 3.63) is 75.2 Å². The Hall–Kier alpha value is -2.57. The molecule has 1 atom stereocenters. The summed E-state index contributed by atoms with van der Waals surface area (Å²) < 4.78 is 10.9. The van der Waals surface area contributed by atoms with E-state index in [1.54, 1.807) is 19.2 Å². The van der Waals surface area contributed by atoms with E-state index < -0.39 is 0 Å².